The van der Waals surface area contributed by atoms with Crippen molar-refractivity contribution in [2.75, 3.05) is 25.4 Å². The summed E-state index contributed by atoms with van der Waals surface area (Å²) in [4.78, 5) is 0. The van der Waals surface area contributed by atoms with Gasteiger partial charge in [-0.15, -0.1) is 16.8 Å². The minimum Gasteiger partial charge on any atom is -0.394 e. The average Bonchev–Trinajstić information content (AvgIpc) is 2.89. The van der Waals surface area contributed by atoms with E-state index in [-0.39, 0.29) is 6.61 Å². The maximum absolute atomic E-state index is 9.44. The molecule has 1 aliphatic heterocycles. The zero-order valence-electron chi connectivity index (χ0n) is 11.5. The first kappa shape index (κ1) is 15.5. The summed E-state index contributed by atoms with van der Waals surface area (Å²) in [7, 11) is 0. The monoisotopic (exact) mass is 298 g/mol. The Labute approximate surface area is 123 Å². The first-order valence-electron chi connectivity index (χ1n) is 6.92. The molecule has 1 saturated heterocycles. The van der Waals surface area contributed by atoms with Crippen LogP contribution in [0.3, 0.4) is 0 Å². The minimum atomic E-state index is -0.726. The van der Waals surface area contributed by atoms with E-state index >= 15 is 0 Å². The molecule has 20 heavy (non-hydrogen) atoms. The SMILES string of the molecule is C=CCn1c(SC[C@@H](O)CO)nnc1C1CCNCC1. The molecule has 2 heterocycles. The molecule has 7 heteroatoms. The van der Waals surface area contributed by atoms with Crippen molar-refractivity contribution in [2.24, 2.45) is 0 Å². The number of thioether (sulfide) groups is 1. The third kappa shape index (κ3) is 3.82. The summed E-state index contributed by atoms with van der Waals surface area (Å²) in [5.74, 6) is 1.85. The summed E-state index contributed by atoms with van der Waals surface area (Å²) < 4.78 is 2.07. The van der Waals surface area contributed by atoms with Crippen molar-refractivity contribution in [1.82, 2.24) is 20.1 Å². The van der Waals surface area contributed by atoms with Crippen LogP contribution in [0.25, 0.3) is 0 Å². The molecule has 0 radical (unpaired) electrons. The van der Waals surface area contributed by atoms with Crippen LogP contribution in [0.15, 0.2) is 17.8 Å². The van der Waals surface area contributed by atoms with Gasteiger partial charge in [0.25, 0.3) is 0 Å². The first-order valence-corrected chi connectivity index (χ1v) is 7.91. The topological polar surface area (TPSA) is 83.2 Å². The molecule has 0 bridgehead atoms. The molecule has 1 aliphatic rings. The van der Waals surface area contributed by atoms with Gasteiger partial charge in [-0.2, -0.15) is 0 Å². The third-order valence-electron chi connectivity index (χ3n) is 3.38. The van der Waals surface area contributed by atoms with Crippen LogP contribution < -0.4 is 5.32 Å². The predicted octanol–water partition coefficient (Wildman–Crippen LogP) is 0.376. The normalized spacial score (nSPS) is 18.1. The zero-order chi connectivity index (χ0) is 14.4. The largest absolute Gasteiger partial charge is 0.394 e. The van der Waals surface area contributed by atoms with Crippen molar-refractivity contribution >= 4 is 11.8 Å². The lowest BCUT2D eigenvalue weighted by molar-refractivity contribution is 0.113. The number of aliphatic hydroxyl groups excluding tert-OH is 2. The minimum absolute atomic E-state index is 0.232. The van der Waals surface area contributed by atoms with Crippen molar-refractivity contribution in [3.8, 4) is 0 Å². The van der Waals surface area contributed by atoms with E-state index in [4.69, 9.17) is 5.11 Å². The molecule has 2 rings (SSSR count). The maximum atomic E-state index is 9.44. The molecule has 112 valence electrons. The Balaban J connectivity index is 2.11. The molecular weight excluding hydrogens is 276 g/mol. The number of aromatic nitrogens is 3. The number of allylic oxidation sites excluding steroid dienone is 1. The molecule has 3 N–H and O–H groups in total. The third-order valence-corrected chi connectivity index (χ3v) is 4.49. The van der Waals surface area contributed by atoms with Gasteiger partial charge in [0.1, 0.15) is 5.82 Å². The molecule has 1 atom stereocenters. The highest BCUT2D eigenvalue weighted by atomic mass is 32.2. The van der Waals surface area contributed by atoms with Crippen molar-refractivity contribution in [3.63, 3.8) is 0 Å². The van der Waals surface area contributed by atoms with Gasteiger partial charge >= 0.3 is 0 Å². The first-order chi connectivity index (χ1) is 9.76. The summed E-state index contributed by atoms with van der Waals surface area (Å²) >= 11 is 1.42. The highest BCUT2D eigenvalue weighted by Crippen LogP contribution is 2.27. The average molecular weight is 298 g/mol. The van der Waals surface area contributed by atoms with Gasteiger partial charge in [0.15, 0.2) is 5.16 Å². The molecule has 0 amide bonds. The van der Waals surface area contributed by atoms with E-state index in [2.05, 4.69) is 26.7 Å². The zero-order valence-corrected chi connectivity index (χ0v) is 12.3. The number of piperidine rings is 1. The number of rotatable bonds is 7. The van der Waals surface area contributed by atoms with Gasteiger partial charge in [-0.25, -0.2) is 0 Å². The molecule has 0 saturated carbocycles. The van der Waals surface area contributed by atoms with Crippen LogP contribution >= 0.6 is 11.8 Å². The van der Waals surface area contributed by atoms with Crippen LogP contribution in [-0.2, 0) is 6.54 Å². The number of hydrogen-bond acceptors (Lipinski definition) is 6. The summed E-state index contributed by atoms with van der Waals surface area (Å²) in [6.07, 6.45) is 3.25. The number of aliphatic hydroxyl groups is 2. The fourth-order valence-electron chi connectivity index (χ4n) is 2.31. The van der Waals surface area contributed by atoms with Crippen molar-refractivity contribution in [2.45, 2.75) is 36.6 Å². The van der Waals surface area contributed by atoms with Crippen LogP contribution in [0.4, 0.5) is 0 Å². The Morgan fingerprint density at radius 1 is 1.45 bits per heavy atom. The Bertz CT molecular complexity index is 432. The fourth-order valence-corrected chi connectivity index (χ4v) is 3.18. The maximum Gasteiger partial charge on any atom is 0.191 e. The Morgan fingerprint density at radius 3 is 2.85 bits per heavy atom. The summed E-state index contributed by atoms with van der Waals surface area (Å²) in [5, 5.41) is 31.0. The number of nitrogens with zero attached hydrogens (tertiary/aromatic N) is 3. The van der Waals surface area contributed by atoms with Crippen molar-refractivity contribution < 1.29 is 10.2 Å². The second-order valence-corrected chi connectivity index (χ2v) is 5.90. The second-order valence-electron chi connectivity index (χ2n) is 4.91. The van der Waals surface area contributed by atoms with Gasteiger partial charge in [-0.1, -0.05) is 17.8 Å². The summed E-state index contributed by atoms with van der Waals surface area (Å²) in [6.45, 7) is 6.25. The molecule has 0 aliphatic carbocycles. The molecule has 1 fully saturated rings. The van der Waals surface area contributed by atoms with Crippen LogP contribution in [0, 0.1) is 0 Å². The van der Waals surface area contributed by atoms with Crippen molar-refractivity contribution in [1.29, 1.82) is 0 Å². The smallest absolute Gasteiger partial charge is 0.191 e. The van der Waals surface area contributed by atoms with E-state index < -0.39 is 6.10 Å². The van der Waals surface area contributed by atoms with Crippen molar-refractivity contribution in [3.05, 3.63) is 18.5 Å². The van der Waals surface area contributed by atoms with E-state index in [1.54, 1.807) is 0 Å². The second kappa shape index (κ2) is 7.78. The standard InChI is InChI=1S/C13H22N4O2S/c1-2-7-17-12(10-3-5-14-6-4-10)15-16-13(17)20-9-11(19)8-18/h2,10-11,14,18-19H,1,3-9H2/t11-/m0/s1. The molecular formula is C13H22N4O2S. The quantitative estimate of drug-likeness (QED) is 0.498. The highest BCUT2D eigenvalue weighted by molar-refractivity contribution is 7.99. The Kier molecular flexibility index (Phi) is 6.03. The van der Waals surface area contributed by atoms with E-state index in [1.807, 2.05) is 6.08 Å². The summed E-state index contributed by atoms with van der Waals surface area (Å²) in [5.41, 5.74) is 0. The lowest BCUT2D eigenvalue weighted by Gasteiger charge is -2.22. The van der Waals surface area contributed by atoms with Crippen LogP contribution in [0.1, 0.15) is 24.6 Å². The van der Waals surface area contributed by atoms with E-state index in [0.29, 0.717) is 18.2 Å². The van der Waals surface area contributed by atoms with Gasteiger partial charge in [0, 0.05) is 18.2 Å². The molecule has 0 unspecified atom stereocenters. The Hall–Kier alpha value is -0.890. The van der Waals surface area contributed by atoms with E-state index in [0.717, 1.165) is 36.9 Å². The molecule has 1 aromatic rings. The lowest BCUT2D eigenvalue weighted by atomic mass is 9.97. The lowest BCUT2D eigenvalue weighted by Crippen LogP contribution is -2.28. The van der Waals surface area contributed by atoms with Gasteiger partial charge in [0.05, 0.1) is 12.7 Å². The number of nitrogens with one attached hydrogen (secondary N) is 1. The fraction of sp³-hybridized carbons (Fsp3) is 0.692. The van der Waals surface area contributed by atoms with Crippen LogP contribution in [-0.4, -0.2) is 56.5 Å². The predicted molar refractivity (Wildman–Crippen MR) is 78.9 cm³/mol. The number of hydrogen-bond donors (Lipinski definition) is 3. The van der Waals surface area contributed by atoms with Gasteiger partial charge in [-0.05, 0) is 25.9 Å². The van der Waals surface area contributed by atoms with Crippen LogP contribution in [0.2, 0.25) is 0 Å². The van der Waals surface area contributed by atoms with Gasteiger partial charge in [0.2, 0.25) is 0 Å². The van der Waals surface area contributed by atoms with Gasteiger partial charge < -0.3 is 20.1 Å². The van der Waals surface area contributed by atoms with E-state index in [1.165, 1.54) is 11.8 Å². The molecule has 0 spiro atoms. The van der Waals surface area contributed by atoms with Gasteiger partial charge in [-0.3, -0.25) is 0 Å². The summed E-state index contributed by atoms with van der Waals surface area (Å²) in [6, 6.07) is 0. The highest BCUT2D eigenvalue weighted by Gasteiger charge is 2.23. The van der Waals surface area contributed by atoms with Crippen LogP contribution in [0.5, 0.6) is 0 Å². The molecule has 0 aromatic carbocycles. The molecule has 6 nitrogen and oxygen atoms in total. The molecule has 1 aromatic heterocycles. The van der Waals surface area contributed by atoms with E-state index in [9.17, 15) is 5.11 Å². The Morgan fingerprint density at radius 2 is 2.20 bits per heavy atom.